The second-order valence-corrected chi connectivity index (χ2v) is 11.0. The van der Waals surface area contributed by atoms with Gasteiger partial charge in [-0.3, -0.25) is 9.59 Å². The number of aliphatic hydroxyl groups is 2. The predicted octanol–water partition coefficient (Wildman–Crippen LogP) is 4.19. The summed E-state index contributed by atoms with van der Waals surface area (Å²) in [6.07, 6.45) is 2.41. The molecule has 0 unspecified atom stereocenters. The first-order valence-corrected chi connectivity index (χ1v) is 12.8. The Morgan fingerprint density at radius 1 is 1.06 bits per heavy atom. The Hall–Kier alpha value is -2.41. The third-order valence-electron chi connectivity index (χ3n) is 7.86. The number of hydrogen-bond acceptors (Lipinski definition) is 4. The number of carbonyl (C=O) groups excluding carboxylic acids is 2. The summed E-state index contributed by atoms with van der Waals surface area (Å²) in [7, 11) is 0. The Balaban J connectivity index is 1.46. The highest BCUT2D eigenvalue weighted by molar-refractivity contribution is 6.30. The van der Waals surface area contributed by atoms with Crippen LogP contribution in [-0.2, 0) is 15.2 Å². The molecule has 188 valence electrons. The number of nitrogens with zero attached hydrogens (tertiary/aromatic N) is 1. The average Bonchev–Trinajstić information content (AvgIpc) is 2.86. The molecule has 2 amide bonds. The smallest absolute Gasteiger partial charge is 0.253 e. The maximum absolute atomic E-state index is 13.7. The Morgan fingerprint density at radius 3 is 2.37 bits per heavy atom. The van der Waals surface area contributed by atoms with E-state index in [4.69, 9.17) is 11.6 Å². The minimum atomic E-state index is -1.27. The number of carbonyl (C=O) groups is 2. The van der Waals surface area contributed by atoms with Gasteiger partial charge >= 0.3 is 0 Å². The quantitative estimate of drug-likeness (QED) is 0.576. The van der Waals surface area contributed by atoms with Crippen LogP contribution in [0.15, 0.2) is 54.6 Å². The van der Waals surface area contributed by atoms with Gasteiger partial charge in [-0.05, 0) is 42.5 Å². The summed E-state index contributed by atoms with van der Waals surface area (Å²) in [5.74, 6) is -0.805. The molecule has 1 aliphatic heterocycles. The molecule has 0 bridgehead atoms. The molecule has 0 radical (unpaired) electrons. The van der Waals surface area contributed by atoms with Crippen LogP contribution in [-0.4, -0.2) is 46.1 Å². The van der Waals surface area contributed by atoms with E-state index in [1.165, 1.54) is 0 Å². The van der Waals surface area contributed by atoms with Gasteiger partial charge in [0.2, 0.25) is 5.91 Å². The summed E-state index contributed by atoms with van der Waals surface area (Å²) in [6, 6.07) is 15.8. The largest absolute Gasteiger partial charge is 0.384 e. The number of nitrogens with one attached hydrogen (secondary N) is 1. The SMILES string of the molecule is CC1(C)CN(C(=O)[C@H]2CCCC[C@H]2NC(=O)[C@H](O)c2ccccc2)CC[C@]1(O)c1ccc(Cl)cc1. The molecular formula is C28H35ClN2O4. The van der Waals surface area contributed by atoms with Crippen molar-refractivity contribution in [3.63, 3.8) is 0 Å². The van der Waals surface area contributed by atoms with Gasteiger partial charge in [-0.25, -0.2) is 0 Å². The van der Waals surface area contributed by atoms with Gasteiger partial charge in [0, 0.05) is 29.6 Å². The van der Waals surface area contributed by atoms with Crippen molar-refractivity contribution in [3.8, 4) is 0 Å². The van der Waals surface area contributed by atoms with Crippen LogP contribution in [0.2, 0.25) is 5.02 Å². The Bertz CT molecular complexity index is 1040. The first kappa shape index (κ1) is 25.7. The molecule has 4 atom stereocenters. The van der Waals surface area contributed by atoms with E-state index in [0.29, 0.717) is 42.9 Å². The number of aliphatic hydroxyl groups excluding tert-OH is 1. The van der Waals surface area contributed by atoms with Crippen LogP contribution < -0.4 is 5.32 Å². The summed E-state index contributed by atoms with van der Waals surface area (Å²) in [5.41, 5.74) is -0.320. The van der Waals surface area contributed by atoms with E-state index in [0.717, 1.165) is 18.4 Å². The second-order valence-electron chi connectivity index (χ2n) is 10.6. The normalized spacial score (nSPS) is 27.2. The van der Waals surface area contributed by atoms with Gasteiger partial charge in [0.05, 0.1) is 11.5 Å². The average molecular weight is 499 g/mol. The zero-order valence-corrected chi connectivity index (χ0v) is 21.2. The molecule has 2 aromatic carbocycles. The fourth-order valence-corrected chi connectivity index (χ4v) is 5.78. The van der Waals surface area contributed by atoms with Gasteiger partial charge < -0.3 is 20.4 Å². The van der Waals surface area contributed by atoms with Crippen molar-refractivity contribution >= 4 is 23.4 Å². The lowest BCUT2D eigenvalue weighted by Gasteiger charge is -2.51. The van der Waals surface area contributed by atoms with Gasteiger partial charge in [-0.2, -0.15) is 0 Å². The van der Waals surface area contributed by atoms with Crippen LogP contribution in [0.1, 0.15) is 63.2 Å². The minimum Gasteiger partial charge on any atom is -0.384 e. The molecule has 0 aromatic heterocycles. The molecule has 1 saturated heterocycles. The lowest BCUT2D eigenvalue weighted by Crippen LogP contribution is -2.59. The van der Waals surface area contributed by atoms with Gasteiger partial charge in [0.1, 0.15) is 0 Å². The van der Waals surface area contributed by atoms with E-state index in [9.17, 15) is 19.8 Å². The summed E-state index contributed by atoms with van der Waals surface area (Å²) >= 11 is 6.04. The summed E-state index contributed by atoms with van der Waals surface area (Å²) in [6.45, 7) is 4.81. The fraction of sp³-hybridized carbons (Fsp3) is 0.500. The first-order valence-electron chi connectivity index (χ1n) is 12.4. The fourth-order valence-electron chi connectivity index (χ4n) is 5.65. The van der Waals surface area contributed by atoms with E-state index in [1.54, 1.807) is 36.4 Å². The molecule has 1 saturated carbocycles. The van der Waals surface area contributed by atoms with Crippen LogP contribution >= 0.6 is 11.6 Å². The molecule has 1 aliphatic carbocycles. The summed E-state index contributed by atoms with van der Waals surface area (Å²) in [4.78, 5) is 28.3. The second kappa shape index (κ2) is 10.3. The van der Waals surface area contributed by atoms with Crippen molar-refractivity contribution in [1.82, 2.24) is 10.2 Å². The van der Waals surface area contributed by atoms with Crippen molar-refractivity contribution in [1.29, 1.82) is 0 Å². The number of rotatable bonds is 5. The van der Waals surface area contributed by atoms with Gasteiger partial charge in [0.25, 0.3) is 5.91 Å². The molecular weight excluding hydrogens is 464 g/mol. The van der Waals surface area contributed by atoms with Gasteiger partial charge in [-0.1, -0.05) is 80.8 Å². The Morgan fingerprint density at radius 2 is 1.71 bits per heavy atom. The number of hydrogen-bond donors (Lipinski definition) is 3. The van der Waals surface area contributed by atoms with E-state index in [-0.39, 0.29) is 17.9 Å². The van der Waals surface area contributed by atoms with Crippen molar-refractivity contribution in [2.45, 2.75) is 63.7 Å². The first-order chi connectivity index (χ1) is 16.6. The van der Waals surface area contributed by atoms with Crippen molar-refractivity contribution in [2.75, 3.05) is 13.1 Å². The zero-order valence-electron chi connectivity index (χ0n) is 20.4. The lowest BCUT2D eigenvalue weighted by atomic mass is 9.66. The van der Waals surface area contributed by atoms with Crippen LogP contribution in [0.4, 0.5) is 0 Å². The highest BCUT2D eigenvalue weighted by atomic mass is 35.5. The Kier molecular flexibility index (Phi) is 7.55. The maximum Gasteiger partial charge on any atom is 0.253 e. The summed E-state index contributed by atoms with van der Waals surface area (Å²) in [5, 5.41) is 25.7. The molecule has 2 aliphatic rings. The maximum atomic E-state index is 13.7. The number of piperidine rings is 1. The zero-order chi connectivity index (χ0) is 25.2. The number of likely N-dealkylation sites (tertiary alicyclic amines) is 1. The molecule has 35 heavy (non-hydrogen) atoms. The Labute approximate surface area is 212 Å². The van der Waals surface area contributed by atoms with Crippen LogP contribution in [0.25, 0.3) is 0 Å². The van der Waals surface area contributed by atoms with Crippen molar-refractivity contribution in [3.05, 3.63) is 70.7 Å². The molecule has 2 aromatic rings. The molecule has 1 heterocycles. The molecule has 4 rings (SSSR count). The van der Waals surface area contributed by atoms with Crippen molar-refractivity contribution in [2.24, 2.45) is 11.3 Å². The van der Waals surface area contributed by atoms with Crippen LogP contribution in [0.5, 0.6) is 0 Å². The standard InChI is InChI=1S/C28H35ClN2O4/c1-27(2)18-31(17-16-28(27,35)20-12-14-21(29)15-13-20)26(34)22-10-6-7-11-23(22)30-25(33)24(32)19-8-4-3-5-9-19/h3-5,8-9,12-15,22-24,32,35H,6-7,10-11,16-18H2,1-2H3,(H,30,33)/t22-,23+,24+,28-/m0/s1. The van der Waals surface area contributed by atoms with Crippen LogP contribution in [0, 0.1) is 11.3 Å². The van der Waals surface area contributed by atoms with Gasteiger partial charge in [-0.15, -0.1) is 0 Å². The number of halogens is 1. The number of benzene rings is 2. The van der Waals surface area contributed by atoms with E-state index < -0.39 is 23.0 Å². The molecule has 2 fully saturated rings. The third kappa shape index (κ3) is 5.25. The highest BCUT2D eigenvalue weighted by Gasteiger charge is 2.50. The van der Waals surface area contributed by atoms with Gasteiger partial charge in [0.15, 0.2) is 6.10 Å². The highest BCUT2D eigenvalue weighted by Crippen LogP contribution is 2.46. The van der Waals surface area contributed by atoms with Crippen molar-refractivity contribution < 1.29 is 19.8 Å². The number of amides is 2. The van der Waals surface area contributed by atoms with Crippen LogP contribution in [0.3, 0.4) is 0 Å². The molecule has 3 N–H and O–H groups in total. The molecule has 7 heteroatoms. The van der Waals surface area contributed by atoms with E-state index in [2.05, 4.69) is 5.32 Å². The predicted molar refractivity (Wildman–Crippen MR) is 136 cm³/mol. The minimum absolute atomic E-state index is 0.00966. The van der Waals surface area contributed by atoms with E-state index in [1.807, 2.05) is 36.9 Å². The topological polar surface area (TPSA) is 89.9 Å². The third-order valence-corrected chi connectivity index (χ3v) is 8.11. The lowest BCUT2D eigenvalue weighted by molar-refractivity contribution is -0.158. The molecule has 6 nitrogen and oxygen atoms in total. The van der Waals surface area contributed by atoms with E-state index >= 15 is 0 Å². The monoisotopic (exact) mass is 498 g/mol. The summed E-state index contributed by atoms with van der Waals surface area (Å²) < 4.78 is 0. The molecule has 0 spiro atoms.